The third kappa shape index (κ3) is 4.27. The first-order valence-corrected chi connectivity index (χ1v) is 14.3. The minimum atomic E-state index is 0.118. The highest BCUT2D eigenvalue weighted by molar-refractivity contribution is 6.31. The van der Waals surface area contributed by atoms with Gasteiger partial charge in [-0.15, -0.1) is 0 Å². The van der Waals surface area contributed by atoms with E-state index in [1.807, 2.05) is 19.2 Å². The van der Waals surface area contributed by atoms with Crippen LogP contribution < -0.4 is 5.32 Å². The van der Waals surface area contributed by atoms with Crippen LogP contribution in [-0.2, 0) is 9.53 Å². The largest absolute Gasteiger partial charge is 0.384 e. The monoisotopic (exact) mass is 498 g/mol. The van der Waals surface area contributed by atoms with Crippen LogP contribution in [-0.4, -0.2) is 32.3 Å². The molecule has 0 heterocycles. The number of benzene rings is 1. The highest BCUT2D eigenvalue weighted by Crippen LogP contribution is 2.68. The second-order valence-electron chi connectivity index (χ2n) is 12.6. The van der Waals surface area contributed by atoms with Crippen molar-refractivity contribution in [1.29, 1.82) is 5.41 Å². The number of fused-ring (bicyclic) bond motifs is 5. The van der Waals surface area contributed by atoms with E-state index >= 15 is 0 Å². The molecule has 5 rings (SSSR count). The molecule has 1 aromatic carbocycles. The summed E-state index contributed by atoms with van der Waals surface area (Å²) in [6.45, 7) is 6.14. The van der Waals surface area contributed by atoms with Crippen molar-refractivity contribution in [1.82, 2.24) is 0 Å². The number of methoxy groups -OCH3 is 1. The van der Waals surface area contributed by atoms with Crippen molar-refractivity contribution in [3.05, 3.63) is 28.8 Å². The summed E-state index contributed by atoms with van der Waals surface area (Å²) in [4.78, 5) is 13.6. The first-order valence-electron chi connectivity index (χ1n) is 13.9. The summed E-state index contributed by atoms with van der Waals surface area (Å²) in [7, 11) is 1.91. The van der Waals surface area contributed by atoms with Gasteiger partial charge in [-0.2, -0.15) is 0 Å². The number of hydrogen-bond acceptors (Lipinski definition) is 4. The molecule has 2 N–H and O–H groups in total. The van der Waals surface area contributed by atoms with Gasteiger partial charge in [0.15, 0.2) is 5.78 Å². The van der Waals surface area contributed by atoms with Crippen LogP contribution in [0.1, 0.15) is 77.2 Å². The molecule has 0 bridgehead atoms. The number of anilines is 1. The van der Waals surface area contributed by atoms with Gasteiger partial charge in [0.2, 0.25) is 0 Å². The van der Waals surface area contributed by atoms with Gasteiger partial charge < -0.3 is 15.5 Å². The zero-order valence-corrected chi connectivity index (χ0v) is 22.5. The van der Waals surface area contributed by atoms with E-state index < -0.39 is 0 Å². The minimum absolute atomic E-state index is 0.118. The van der Waals surface area contributed by atoms with Crippen molar-refractivity contribution in [2.24, 2.45) is 46.3 Å². The molecule has 0 aliphatic heterocycles. The lowest BCUT2D eigenvalue weighted by atomic mass is 9.44. The Morgan fingerprint density at radius 1 is 1.17 bits per heavy atom. The van der Waals surface area contributed by atoms with Gasteiger partial charge in [0.05, 0.1) is 13.2 Å². The molecule has 8 unspecified atom stereocenters. The maximum absolute atomic E-state index is 13.6. The van der Waals surface area contributed by atoms with E-state index in [1.54, 1.807) is 6.07 Å². The Morgan fingerprint density at radius 3 is 2.77 bits per heavy atom. The van der Waals surface area contributed by atoms with Crippen LogP contribution in [0.25, 0.3) is 0 Å². The summed E-state index contributed by atoms with van der Waals surface area (Å²) >= 11 is 6.09. The number of Topliss-reactive ketones (excluding diaryl/α,β-unsaturated/α-hetero) is 1. The van der Waals surface area contributed by atoms with Crippen LogP contribution in [0, 0.1) is 51.7 Å². The molecule has 4 nitrogen and oxygen atoms in total. The van der Waals surface area contributed by atoms with Crippen LogP contribution in [0.15, 0.2) is 18.2 Å². The Morgan fingerprint density at radius 2 is 2.00 bits per heavy atom. The lowest BCUT2D eigenvalue weighted by molar-refractivity contribution is -0.154. The molecule has 8 atom stereocenters. The number of ketones is 1. The number of ether oxygens (including phenoxy) is 1. The summed E-state index contributed by atoms with van der Waals surface area (Å²) in [5.41, 5.74) is 2.02. The van der Waals surface area contributed by atoms with Gasteiger partial charge in [-0.1, -0.05) is 31.9 Å². The summed E-state index contributed by atoms with van der Waals surface area (Å²) in [6.07, 6.45) is 12.7. The SMILES string of the molecule is COCC12CCC(C)CC1CCC1C3CCC(C(=O)CNc4ccc(Cl)cc4C=N)C3(C)CCC12. The summed E-state index contributed by atoms with van der Waals surface area (Å²) < 4.78 is 5.94. The van der Waals surface area contributed by atoms with E-state index in [1.165, 1.54) is 57.6 Å². The molecule has 0 radical (unpaired) electrons. The van der Waals surface area contributed by atoms with E-state index in [-0.39, 0.29) is 11.3 Å². The lowest BCUT2D eigenvalue weighted by Gasteiger charge is -2.62. The quantitative estimate of drug-likeness (QED) is 0.389. The maximum Gasteiger partial charge on any atom is 0.155 e. The smallest absolute Gasteiger partial charge is 0.155 e. The van der Waals surface area contributed by atoms with Gasteiger partial charge >= 0.3 is 0 Å². The lowest BCUT2D eigenvalue weighted by Crippen LogP contribution is -2.56. The zero-order chi connectivity index (χ0) is 24.8. The Hall–Kier alpha value is -1.39. The molecular formula is C30H43ClN2O2. The summed E-state index contributed by atoms with van der Waals surface area (Å²) in [5.74, 6) is 4.33. The summed E-state index contributed by atoms with van der Waals surface area (Å²) in [5, 5.41) is 11.6. The number of nitrogens with one attached hydrogen (secondary N) is 2. The van der Waals surface area contributed by atoms with Crippen molar-refractivity contribution in [2.45, 2.75) is 71.6 Å². The van der Waals surface area contributed by atoms with E-state index in [2.05, 4.69) is 19.2 Å². The molecule has 35 heavy (non-hydrogen) atoms. The topological polar surface area (TPSA) is 62.2 Å². The van der Waals surface area contributed by atoms with Gasteiger partial charge in [0, 0.05) is 35.5 Å². The average Bonchev–Trinajstić information content (AvgIpc) is 3.20. The van der Waals surface area contributed by atoms with Gasteiger partial charge in [-0.25, -0.2) is 0 Å². The van der Waals surface area contributed by atoms with Gasteiger partial charge in [-0.3, -0.25) is 4.79 Å². The number of carbonyl (C=O) groups is 1. The van der Waals surface area contributed by atoms with Crippen LogP contribution in [0.2, 0.25) is 5.02 Å². The normalized spacial score (nSPS) is 40.3. The Kier molecular flexibility index (Phi) is 7.09. The van der Waals surface area contributed by atoms with Gasteiger partial charge in [0.25, 0.3) is 0 Å². The zero-order valence-electron chi connectivity index (χ0n) is 21.7. The molecule has 1 aromatic rings. The fourth-order valence-corrected chi connectivity index (χ4v) is 9.64. The second-order valence-corrected chi connectivity index (χ2v) is 13.0. The molecule has 0 saturated heterocycles. The predicted octanol–water partition coefficient (Wildman–Crippen LogP) is 7.24. The summed E-state index contributed by atoms with van der Waals surface area (Å²) in [6, 6.07) is 5.46. The molecule has 5 heteroatoms. The van der Waals surface area contributed by atoms with Crippen molar-refractivity contribution in [3.8, 4) is 0 Å². The first-order chi connectivity index (χ1) is 16.8. The fraction of sp³-hybridized carbons (Fsp3) is 0.733. The molecular weight excluding hydrogens is 456 g/mol. The maximum atomic E-state index is 13.6. The van der Waals surface area contributed by atoms with Crippen LogP contribution in [0.4, 0.5) is 5.69 Å². The van der Waals surface area contributed by atoms with Crippen LogP contribution in [0.5, 0.6) is 0 Å². The van der Waals surface area contributed by atoms with E-state index in [4.69, 9.17) is 21.7 Å². The Bertz CT molecular complexity index is 966. The van der Waals surface area contributed by atoms with Crippen molar-refractivity contribution in [3.63, 3.8) is 0 Å². The molecule has 192 valence electrons. The van der Waals surface area contributed by atoms with Gasteiger partial charge in [-0.05, 0) is 110 Å². The van der Waals surface area contributed by atoms with Crippen LogP contribution >= 0.6 is 11.6 Å². The number of halogens is 1. The highest BCUT2D eigenvalue weighted by atomic mass is 35.5. The number of hydrogen-bond donors (Lipinski definition) is 2. The third-order valence-electron chi connectivity index (χ3n) is 11.1. The average molecular weight is 499 g/mol. The number of carbonyl (C=O) groups excluding carboxylic acids is 1. The minimum Gasteiger partial charge on any atom is -0.384 e. The Labute approximate surface area is 216 Å². The van der Waals surface area contributed by atoms with E-state index in [9.17, 15) is 4.79 Å². The Balaban J connectivity index is 1.31. The molecule has 0 amide bonds. The molecule has 4 aliphatic rings. The van der Waals surface area contributed by atoms with Gasteiger partial charge in [0.1, 0.15) is 0 Å². The molecule has 0 aromatic heterocycles. The first kappa shape index (κ1) is 25.3. The van der Waals surface area contributed by atoms with Crippen LogP contribution in [0.3, 0.4) is 0 Å². The molecule has 4 saturated carbocycles. The molecule has 4 aliphatic carbocycles. The van der Waals surface area contributed by atoms with Crippen molar-refractivity contribution >= 4 is 29.3 Å². The predicted molar refractivity (Wildman–Crippen MR) is 143 cm³/mol. The fourth-order valence-electron chi connectivity index (χ4n) is 9.46. The second kappa shape index (κ2) is 9.82. The third-order valence-corrected chi connectivity index (χ3v) is 11.3. The standard InChI is InChI=1S/C30H43ClN2O2/c1-19-10-13-30(18-35-3)21(14-19)4-6-23-24-7-8-26(29(24,2)12-11-25(23)30)28(34)17-33-27-9-5-22(31)15-20(27)16-32/h5,9,15-16,19,21,23-26,32-33H,4,6-8,10-14,17-18H2,1-3H3. The highest BCUT2D eigenvalue weighted by Gasteiger charge is 2.62. The van der Waals surface area contributed by atoms with Crippen molar-refractivity contribution < 1.29 is 9.53 Å². The van der Waals surface area contributed by atoms with E-state index in [0.29, 0.717) is 28.7 Å². The molecule has 0 spiro atoms. The number of rotatable bonds is 7. The van der Waals surface area contributed by atoms with Crippen molar-refractivity contribution in [2.75, 3.05) is 25.6 Å². The van der Waals surface area contributed by atoms with E-state index in [0.717, 1.165) is 48.0 Å². The molecule has 4 fully saturated rings.